The number of aromatic nitrogens is 2. The largest absolute Gasteiger partial charge is 0.495 e. The molecule has 0 aliphatic carbocycles. The van der Waals surface area contributed by atoms with Crippen LogP contribution in [0.1, 0.15) is 43.6 Å². The van der Waals surface area contributed by atoms with Crippen molar-refractivity contribution in [2.24, 2.45) is 0 Å². The molecule has 0 saturated carbocycles. The molecule has 46 heavy (non-hydrogen) atoms. The summed E-state index contributed by atoms with van der Waals surface area (Å²) in [6.07, 6.45) is 1.36. The molecule has 13 heteroatoms. The molecule has 2 atom stereocenters. The molecule has 1 saturated heterocycles. The number of nitrogens with one attached hydrogen (secondary N) is 2. The summed E-state index contributed by atoms with van der Waals surface area (Å²) in [4.78, 5) is 43.5. The first-order valence-electron chi connectivity index (χ1n) is 14.4. The van der Waals surface area contributed by atoms with Crippen molar-refractivity contribution in [1.82, 2.24) is 20.0 Å². The molecule has 0 spiro atoms. The third kappa shape index (κ3) is 5.22. The van der Waals surface area contributed by atoms with Crippen molar-refractivity contribution in [3.05, 3.63) is 107 Å². The summed E-state index contributed by atoms with van der Waals surface area (Å²) in [5.41, 5.74) is 0.481. The van der Waals surface area contributed by atoms with Gasteiger partial charge in [-0.1, -0.05) is 42.5 Å². The van der Waals surface area contributed by atoms with E-state index in [0.717, 1.165) is 0 Å². The number of amides is 3. The Morgan fingerprint density at radius 3 is 2.41 bits per heavy atom. The Labute approximate surface area is 263 Å². The van der Waals surface area contributed by atoms with Crippen LogP contribution in [0, 0.1) is 11.3 Å². The minimum atomic E-state index is -3.26. The number of nitrogens with zero attached hydrogens (tertiary/aromatic N) is 5. The molecular formula is C33H29F2N7O4. The fourth-order valence-electron chi connectivity index (χ4n) is 6.00. The van der Waals surface area contributed by atoms with Crippen LogP contribution in [0.4, 0.5) is 20.2 Å². The van der Waals surface area contributed by atoms with Gasteiger partial charge in [0.05, 0.1) is 43.2 Å². The van der Waals surface area contributed by atoms with E-state index in [-0.39, 0.29) is 59.2 Å². The lowest BCUT2D eigenvalue weighted by Crippen LogP contribution is -2.51. The van der Waals surface area contributed by atoms with E-state index in [0.29, 0.717) is 11.4 Å². The molecule has 3 amide bonds. The SMILES string of the molecule is CNCC(=O)N1C[C@@H]2[C@H](C1)N(c1ccc(C(F)(F)c3ccccc3)cc1)C(=O)c1c(NC(=O)c3ccc(OC)c(C#N)c3)cnn12. The molecule has 2 N–H and O–H groups in total. The van der Waals surface area contributed by atoms with E-state index in [1.54, 1.807) is 30.1 Å². The van der Waals surface area contributed by atoms with Crippen LogP contribution in [0.25, 0.3) is 0 Å². The lowest BCUT2D eigenvalue weighted by Gasteiger charge is -2.37. The molecule has 6 rings (SSSR count). The number of likely N-dealkylation sites (tertiary alicyclic amines) is 1. The van der Waals surface area contributed by atoms with Crippen LogP contribution < -0.4 is 20.3 Å². The quantitative estimate of drug-likeness (QED) is 0.305. The zero-order chi connectivity index (χ0) is 32.6. The average molecular weight is 626 g/mol. The second-order valence-electron chi connectivity index (χ2n) is 11.0. The van der Waals surface area contributed by atoms with E-state index in [1.165, 1.54) is 77.5 Å². The number of nitriles is 1. The average Bonchev–Trinajstić information content (AvgIpc) is 3.70. The monoisotopic (exact) mass is 625 g/mol. The van der Waals surface area contributed by atoms with Crippen LogP contribution in [0.3, 0.4) is 0 Å². The maximum Gasteiger partial charge on any atom is 0.298 e. The van der Waals surface area contributed by atoms with Gasteiger partial charge < -0.3 is 20.3 Å². The maximum absolute atomic E-state index is 15.3. The predicted molar refractivity (Wildman–Crippen MR) is 164 cm³/mol. The number of carbonyl (C=O) groups excluding carboxylic acids is 3. The van der Waals surface area contributed by atoms with Crippen LogP contribution >= 0.6 is 0 Å². The number of hydrogen-bond donors (Lipinski definition) is 2. The molecular weight excluding hydrogens is 596 g/mol. The highest BCUT2D eigenvalue weighted by molar-refractivity contribution is 6.13. The first-order chi connectivity index (χ1) is 22.2. The molecule has 3 heterocycles. The molecule has 2 aliphatic rings. The number of carbonyl (C=O) groups is 3. The summed E-state index contributed by atoms with van der Waals surface area (Å²) in [7, 11) is 3.07. The highest BCUT2D eigenvalue weighted by atomic mass is 19.3. The van der Waals surface area contributed by atoms with Gasteiger partial charge in [0.25, 0.3) is 17.7 Å². The van der Waals surface area contributed by atoms with Crippen molar-refractivity contribution in [3.8, 4) is 11.8 Å². The van der Waals surface area contributed by atoms with E-state index in [4.69, 9.17) is 4.74 Å². The number of fused-ring (bicyclic) bond motifs is 3. The van der Waals surface area contributed by atoms with Gasteiger partial charge >= 0.3 is 0 Å². The Balaban J connectivity index is 1.36. The number of methoxy groups -OCH3 is 1. The van der Waals surface area contributed by atoms with Gasteiger partial charge in [-0.15, -0.1) is 0 Å². The zero-order valence-corrected chi connectivity index (χ0v) is 24.9. The molecule has 0 bridgehead atoms. The summed E-state index contributed by atoms with van der Waals surface area (Å²) in [6.45, 7) is 0.532. The molecule has 11 nitrogen and oxygen atoms in total. The number of halogens is 2. The number of hydrogen-bond acceptors (Lipinski definition) is 7. The Morgan fingerprint density at radius 1 is 1.04 bits per heavy atom. The van der Waals surface area contributed by atoms with Gasteiger partial charge in [0.1, 0.15) is 11.8 Å². The van der Waals surface area contributed by atoms with Gasteiger partial charge in [0, 0.05) is 35.5 Å². The smallest absolute Gasteiger partial charge is 0.298 e. The second kappa shape index (κ2) is 12.1. The van der Waals surface area contributed by atoms with Crippen molar-refractivity contribution < 1.29 is 27.9 Å². The fraction of sp³-hybridized carbons (Fsp3) is 0.242. The number of anilines is 2. The van der Waals surface area contributed by atoms with E-state index in [9.17, 15) is 19.6 Å². The Kier molecular flexibility index (Phi) is 7.97. The standard InChI is InChI=1S/C33H29F2N7O4/c1-37-17-29(43)40-18-26-27(19-40)42-30(25(16-38-42)39-31(44)20-8-13-28(46-2)21(14-20)15-36)32(45)41(26)24-11-9-23(10-12-24)33(34,35)22-6-4-3-5-7-22/h3-14,16,26-27,37H,17-19H2,1-2H3,(H,39,44)/t26-,27+/m0/s1. The summed E-state index contributed by atoms with van der Waals surface area (Å²) < 4.78 is 37.3. The summed E-state index contributed by atoms with van der Waals surface area (Å²) in [5.74, 6) is -4.23. The van der Waals surface area contributed by atoms with Crippen molar-refractivity contribution in [2.75, 3.05) is 44.0 Å². The lowest BCUT2D eigenvalue weighted by molar-refractivity contribution is -0.129. The van der Waals surface area contributed by atoms with Crippen molar-refractivity contribution in [1.29, 1.82) is 5.26 Å². The van der Waals surface area contributed by atoms with Crippen LogP contribution in [0.15, 0.2) is 79.0 Å². The van der Waals surface area contributed by atoms with E-state index >= 15 is 8.78 Å². The first kappa shape index (κ1) is 30.4. The molecule has 234 valence electrons. The van der Waals surface area contributed by atoms with E-state index in [2.05, 4.69) is 15.7 Å². The van der Waals surface area contributed by atoms with Gasteiger partial charge in [0.2, 0.25) is 5.91 Å². The molecule has 1 aromatic heterocycles. The molecule has 0 radical (unpaired) electrons. The zero-order valence-electron chi connectivity index (χ0n) is 24.9. The minimum absolute atomic E-state index is 0.0743. The predicted octanol–water partition coefficient (Wildman–Crippen LogP) is 3.79. The molecule has 4 aromatic rings. The van der Waals surface area contributed by atoms with Gasteiger partial charge in [-0.05, 0) is 37.4 Å². The third-order valence-corrected chi connectivity index (χ3v) is 8.28. The molecule has 2 aliphatic heterocycles. The highest BCUT2D eigenvalue weighted by Gasteiger charge is 2.49. The Morgan fingerprint density at radius 2 is 1.74 bits per heavy atom. The summed E-state index contributed by atoms with van der Waals surface area (Å²) in [5, 5.41) is 19.5. The van der Waals surface area contributed by atoms with Crippen molar-refractivity contribution in [2.45, 2.75) is 18.0 Å². The fourth-order valence-corrected chi connectivity index (χ4v) is 6.00. The van der Waals surface area contributed by atoms with Crippen LogP contribution in [-0.2, 0) is 10.7 Å². The Hall–Kier alpha value is -5.61. The second-order valence-corrected chi connectivity index (χ2v) is 11.0. The van der Waals surface area contributed by atoms with Gasteiger partial charge in [-0.25, -0.2) is 0 Å². The van der Waals surface area contributed by atoms with Gasteiger partial charge in [0.15, 0.2) is 5.69 Å². The van der Waals surface area contributed by atoms with Gasteiger partial charge in [-0.3, -0.25) is 24.0 Å². The number of likely N-dealkylation sites (N-methyl/N-ethyl adjacent to an activating group) is 1. The van der Waals surface area contributed by atoms with E-state index < -0.39 is 29.8 Å². The van der Waals surface area contributed by atoms with Crippen LogP contribution in [0.2, 0.25) is 0 Å². The summed E-state index contributed by atoms with van der Waals surface area (Å²) in [6, 6.07) is 18.3. The Bertz CT molecular complexity index is 1850. The maximum atomic E-state index is 15.3. The van der Waals surface area contributed by atoms with E-state index in [1.807, 2.05) is 6.07 Å². The van der Waals surface area contributed by atoms with Gasteiger partial charge in [-0.2, -0.15) is 19.1 Å². The topological polar surface area (TPSA) is 133 Å². The first-order valence-corrected chi connectivity index (χ1v) is 14.4. The number of benzene rings is 3. The lowest BCUT2D eigenvalue weighted by atomic mass is 9.99. The minimum Gasteiger partial charge on any atom is -0.495 e. The normalized spacial score (nSPS) is 17.2. The number of alkyl halides is 2. The van der Waals surface area contributed by atoms with Crippen LogP contribution in [0.5, 0.6) is 5.75 Å². The molecule has 3 aromatic carbocycles. The third-order valence-electron chi connectivity index (χ3n) is 8.28. The summed E-state index contributed by atoms with van der Waals surface area (Å²) >= 11 is 0. The highest BCUT2D eigenvalue weighted by Crippen LogP contribution is 2.41. The van der Waals surface area contributed by atoms with Crippen molar-refractivity contribution in [3.63, 3.8) is 0 Å². The molecule has 1 fully saturated rings. The van der Waals surface area contributed by atoms with Crippen LogP contribution in [-0.4, -0.2) is 72.2 Å². The molecule has 0 unspecified atom stereocenters. The number of rotatable bonds is 8. The van der Waals surface area contributed by atoms with Crippen molar-refractivity contribution >= 4 is 29.1 Å². The number of ether oxygens (including phenoxy) is 1.